The Morgan fingerprint density at radius 3 is 2.72 bits per heavy atom. The van der Waals surface area contributed by atoms with Crippen LogP contribution in [0.5, 0.6) is 0 Å². The Morgan fingerprint density at radius 2 is 2.00 bits per heavy atom. The topological polar surface area (TPSA) is 105 Å². The summed E-state index contributed by atoms with van der Waals surface area (Å²) >= 11 is 12.1. The summed E-state index contributed by atoms with van der Waals surface area (Å²) in [7, 11) is -3.89. The lowest BCUT2D eigenvalue weighted by Crippen LogP contribution is -2.36. The van der Waals surface area contributed by atoms with Crippen LogP contribution in [-0.4, -0.2) is 45.7 Å². The van der Waals surface area contributed by atoms with Gasteiger partial charge in [-0.2, -0.15) is 0 Å². The Labute approximate surface area is 179 Å². The van der Waals surface area contributed by atoms with E-state index in [1.807, 2.05) is 6.07 Å². The van der Waals surface area contributed by atoms with Crippen molar-refractivity contribution < 1.29 is 23.1 Å². The van der Waals surface area contributed by atoms with Gasteiger partial charge in [0.15, 0.2) is 0 Å². The highest BCUT2D eigenvalue weighted by atomic mass is 35.5. The number of carboxylic acid groups (broad SMARTS) is 1. The molecule has 1 saturated heterocycles. The Hall–Kier alpha value is -1.68. The zero-order valence-electron chi connectivity index (χ0n) is 15.3. The van der Waals surface area contributed by atoms with Crippen molar-refractivity contribution in [1.82, 2.24) is 10.0 Å². The van der Waals surface area contributed by atoms with Crippen molar-refractivity contribution >= 4 is 39.2 Å². The summed E-state index contributed by atoms with van der Waals surface area (Å²) in [5.41, 5.74) is 0.709. The second-order valence-corrected chi connectivity index (χ2v) is 9.20. The Bertz CT molecular complexity index is 1000. The fraction of sp³-hybridized carbons (Fsp3) is 0.316. The van der Waals surface area contributed by atoms with Crippen LogP contribution >= 0.6 is 23.2 Å². The molecule has 2 aromatic rings. The molecule has 0 saturated carbocycles. The summed E-state index contributed by atoms with van der Waals surface area (Å²) in [6.45, 7) is 1.73. The van der Waals surface area contributed by atoms with Crippen molar-refractivity contribution in [2.45, 2.75) is 11.0 Å². The van der Waals surface area contributed by atoms with Gasteiger partial charge in [-0.25, -0.2) is 17.9 Å². The first kappa shape index (κ1) is 22.0. The number of hydrogen-bond donors (Lipinski definition) is 3. The van der Waals surface area contributed by atoms with Crippen molar-refractivity contribution in [2.75, 3.05) is 26.2 Å². The van der Waals surface area contributed by atoms with E-state index in [1.54, 1.807) is 12.1 Å². The quantitative estimate of drug-likeness (QED) is 0.614. The van der Waals surface area contributed by atoms with Gasteiger partial charge in [0.25, 0.3) is 0 Å². The summed E-state index contributed by atoms with van der Waals surface area (Å²) in [6, 6.07) is 10.4. The molecule has 0 amide bonds. The minimum absolute atomic E-state index is 0.0948. The molecule has 2 atom stereocenters. The molecule has 0 aliphatic carbocycles. The number of rotatable bonds is 6. The van der Waals surface area contributed by atoms with Crippen LogP contribution in [0.1, 0.15) is 22.0 Å². The number of ether oxygens (including phenoxy) is 1. The Kier molecular flexibility index (Phi) is 7.15. The second kappa shape index (κ2) is 9.42. The van der Waals surface area contributed by atoms with Crippen LogP contribution in [-0.2, 0) is 14.8 Å². The lowest BCUT2D eigenvalue weighted by atomic mass is 9.95. The minimum Gasteiger partial charge on any atom is -0.478 e. The first-order chi connectivity index (χ1) is 13.8. The largest absolute Gasteiger partial charge is 0.478 e. The minimum atomic E-state index is -3.89. The van der Waals surface area contributed by atoms with Crippen LogP contribution < -0.4 is 10.0 Å². The average Bonchev–Trinajstić information content (AvgIpc) is 2.94. The van der Waals surface area contributed by atoms with Gasteiger partial charge < -0.3 is 15.2 Å². The normalized spacial score (nSPS) is 20.2. The summed E-state index contributed by atoms with van der Waals surface area (Å²) < 4.78 is 33.9. The number of halogens is 2. The van der Waals surface area contributed by atoms with Gasteiger partial charge in [0.2, 0.25) is 10.0 Å². The first-order valence-corrected chi connectivity index (χ1v) is 11.1. The van der Waals surface area contributed by atoms with E-state index in [0.717, 1.165) is 11.6 Å². The summed E-state index contributed by atoms with van der Waals surface area (Å²) in [5.74, 6) is -1.41. The number of hydrogen-bond acceptors (Lipinski definition) is 5. The van der Waals surface area contributed by atoms with Crippen molar-refractivity contribution in [1.29, 1.82) is 0 Å². The molecule has 1 aliphatic rings. The Balaban J connectivity index is 1.79. The number of sulfonamides is 1. The zero-order chi connectivity index (χ0) is 21.0. The summed E-state index contributed by atoms with van der Waals surface area (Å²) in [5, 5.41) is 13.1. The van der Waals surface area contributed by atoms with Crippen LogP contribution in [0.15, 0.2) is 47.4 Å². The van der Waals surface area contributed by atoms with E-state index in [-0.39, 0.29) is 29.0 Å². The molecule has 0 bridgehead atoms. The lowest BCUT2D eigenvalue weighted by molar-refractivity contribution is 0.0322. The summed E-state index contributed by atoms with van der Waals surface area (Å²) in [4.78, 5) is 11.0. The van der Waals surface area contributed by atoms with Gasteiger partial charge >= 0.3 is 5.97 Å². The van der Waals surface area contributed by atoms with Crippen LogP contribution in [0.3, 0.4) is 0 Å². The van der Waals surface area contributed by atoms with Crippen molar-refractivity contribution in [3.63, 3.8) is 0 Å². The highest BCUT2D eigenvalue weighted by molar-refractivity contribution is 7.89. The molecule has 3 N–H and O–H groups in total. The molecule has 156 valence electrons. The van der Waals surface area contributed by atoms with E-state index >= 15 is 0 Å². The number of nitrogens with one attached hydrogen (secondary N) is 2. The van der Waals surface area contributed by atoms with E-state index in [1.165, 1.54) is 18.2 Å². The molecule has 1 aliphatic heterocycles. The number of carboxylic acids is 1. The molecular weight excluding hydrogens is 439 g/mol. The number of carbonyl (C=O) groups is 1. The molecule has 10 heteroatoms. The third kappa shape index (κ3) is 5.48. The standard InChI is InChI=1S/C19H20Cl2N2O5S/c20-16-5-4-12(9-17(16)21)18-14(10-22-6-7-28-18)11-23-29(26,27)15-3-1-2-13(8-15)19(24)25/h1-5,8-9,14,18,22-23H,6-7,10-11H2,(H,24,25)/t14-,18-/m0/s1. The molecule has 0 radical (unpaired) electrons. The van der Waals surface area contributed by atoms with Gasteiger partial charge in [-0.3, -0.25) is 0 Å². The third-order valence-corrected chi connectivity index (χ3v) is 6.77. The van der Waals surface area contributed by atoms with Crippen LogP contribution in [0.2, 0.25) is 10.0 Å². The Morgan fingerprint density at radius 1 is 1.21 bits per heavy atom. The van der Waals surface area contributed by atoms with Gasteiger partial charge in [0.1, 0.15) is 0 Å². The molecule has 1 fully saturated rings. The monoisotopic (exact) mass is 458 g/mol. The molecule has 7 nitrogen and oxygen atoms in total. The predicted octanol–water partition coefficient (Wildman–Crippen LogP) is 2.95. The van der Waals surface area contributed by atoms with E-state index in [4.69, 9.17) is 33.0 Å². The van der Waals surface area contributed by atoms with Crippen LogP contribution in [0.25, 0.3) is 0 Å². The molecule has 0 unspecified atom stereocenters. The van der Waals surface area contributed by atoms with Crippen molar-refractivity contribution in [3.8, 4) is 0 Å². The van der Waals surface area contributed by atoms with Crippen molar-refractivity contribution in [2.24, 2.45) is 5.92 Å². The number of benzene rings is 2. The second-order valence-electron chi connectivity index (χ2n) is 6.61. The van der Waals surface area contributed by atoms with Crippen molar-refractivity contribution in [3.05, 3.63) is 63.6 Å². The van der Waals surface area contributed by atoms with Crippen LogP contribution in [0.4, 0.5) is 0 Å². The molecule has 0 aromatic heterocycles. The van der Waals surface area contributed by atoms with E-state index < -0.39 is 16.0 Å². The molecular formula is C19H20Cl2N2O5S. The highest BCUT2D eigenvalue weighted by Crippen LogP contribution is 2.32. The lowest BCUT2D eigenvalue weighted by Gasteiger charge is -2.25. The average molecular weight is 459 g/mol. The van der Waals surface area contributed by atoms with E-state index in [0.29, 0.717) is 29.7 Å². The molecule has 0 spiro atoms. The molecule has 29 heavy (non-hydrogen) atoms. The summed E-state index contributed by atoms with van der Waals surface area (Å²) in [6.07, 6.45) is -0.382. The maximum absolute atomic E-state index is 12.7. The van der Waals surface area contributed by atoms with Gasteiger partial charge in [0, 0.05) is 25.6 Å². The van der Waals surface area contributed by atoms with E-state index in [2.05, 4.69) is 10.0 Å². The van der Waals surface area contributed by atoms with E-state index in [9.17, 15) is 13.2 Å². The van der Waals surface area contributed by atoms with Gasteiger partial charge in [-0.05, 0) is 35.9 Å². The molecule has 2 aromatic carbocycles. The molecule has 1 heterocycles. The van der Waals surface area contributed by atoms with Gasteiger partial charge in [-0.15, -0.1) is 0 Å². The smallest absolute Gasteiger partial charge is 0.335 e. The van der Waals surface area contributed by atoms with Crippen LogP contribution in [0, 0.1) is 5.92 Å². The molecule has 3 rings (SSSR count). The SMILES string of the molecule is O=C(O)c1cccc(S(=O)(=O)NC[C@@H]2CNCCO[C@H]2c2ccc(Cl)c(Cl)c2)c1. The van der Waals surface area contributed by atoms with Gasteiger partial charge in [-0.1, -0.05) is 35.3 Å². The van der Waals surface area contributed by atoms with Gasteiger partial charge in [0.05, 0.1) is 33.2 Å². The number of aromatic carboxylic acids is 1. The predicted molar refractivity (Wildman–Crippen MR) is 110 cm³/mol. The fourth-order valence-electron chi connectivity index (χ4n) is 3.12. The third-order valence-electron chi connectivity index (χ3n) is 4.61. The fourth-order valence-corrected chi connectivity index (χ4v) is 4.57. The first-order valence-electron chi connectivity index (χ1n) is 8.88. The maximum Gasteiger partial charge on any atom is 0.335 e. The highest BCUT2D eigenvalue weighted by Gasteiger charge is 2.28. The zero-order valence-corrected chi connectivity index (χ0v) is 17.6. The maximum atomic E-state index is 12.7.